The second-order valence-corrected chi connectivity index (χ2v) is 7.07. The van der Waals surface area contributed by atoms with Gasteiger partial charge >= 0.3 is 0 Å². The number of hydrogen-bond donors (Lipinski definition) is 3. The van der Waals surface area contributed by atoms with Crippen LogP contribution in [-0.4, -0.2) is 24.0 Å². The van der Waals surface area contributed by atoms with E-state index in [-0.39, 0.29) is 17.9 Å². The summed E-state index contributed by atoms with van der Waals surface area (Å²) in [6.45, 7) is 0.924. The predicted octanol–water partition coefficient (Wildman–Crippen LogP) is 4.02. The number of halogens is 2. The number of hydrogen-bond acceptors (Lipinski definition) is 3. The molecule has 1 aromatic heterocycles. The highest BCUT2D eigenvalue weighted by Gasteiger charge is 2.21. The number of amides is 1. The van der Waals surface area contributed by atoms with Crippen molar-refractivity contribution in [2.75, 3.05) is 13.2 Å². The van der Waals surface area contributed by atoms with Crippen molar-refractivity contribution in [3.8, 4) is 5.75 Å². The highest BCUT2D eigenvalue weighted by molar-refractivity contribution is 6.35. The average Bonchev–Trinajstić information content (AvgIpc) is 3.10. The Labute approximate surface area is 166 Å². The van der Waals surface area contributed by atoms with Gasteiger partial charge in [-0.3, -0.25) is 4.79 Å². The molecule has 0 radical (unpaired) electrons. The van der Waals surface area contributed by atoms with E-state index in [1.54, 1.807) is 6.08 Å². The smallest absolute Gasteiger partial charge is 0.249 e. The Morgan fingerprint density at radius 3 is 3.00 bits per heavy atom. The number of fused-ring (bicyclic) bond motifs is 2. The number of carbonyl (C=O) groups excluding carboxylic acids is 1. The maximum atomic E-state index is 13.9. The average molecular weight is 400 g/mol. The van der Waals surface area contributed by atoms with E-state index in [9.17, 15) is 9.18 Å². The molecule has 0 unspecified atom stereocenters. The zero-order valence-corrected chi connectivity index (χ0v) is 15.8. The van der Waals surface area contributed by atoms with E-state index in [1.807, 2.05) is 18.3 Å². The lowest BCUT2D eigenvalue weighted by Gasteiger charge is -2.21. The normalized spacial score (nSPS) is 13.0. The molecule has 0 aliphatic carbocycles. The number of rotatable bonds is 6. The molecule has 7 heteroatoms. The molecule has 0 spiro atoms. The Morgan fingerprint density at radius 1 is 1.32 bits per heavy atom. The van der Waals surface area contributed by atoms with E-state index in [0.29, 0.717) is 17.1 Å². The first-order valence-corrected chi connectivity index (χ1v) is 9.36. The van der Waals surface area contributed by atoms with Crippen LogP contribution >= 0.6 is 11.6 Å². The number of para-hydroxylation sites is 1. The van der Waals surface area contributed by atoms with Crippen molar-refractivity contribution in [1.29, 1.82) is 0 Å². The number of nitrogens with two attached hydrogens (primary N) is 1. The zero-order valence-electron chi connectivity index (χ0n) is 15.0. The van der Waals surface area contributed by atoms with Crippen LogP contribution in [0.4, 0.5) is 4.39 Å². The van der Waals surface area contributed by atoms with E-state index >= 15 is 0 Å². The number of H-pyrrole nitrogens is 1. The van der Waals surface area contributed by atoms with Gasteiger partial charge in [0.25, 0.3) is 0 Å². The van der Waals surface area contributed by atoms with E-state index in [2.05, 4.69) is 16.4 Å². The van der Waals surface area contributed by atoms with Crippen LogP contribution in [0.25, 0.3) is 17.0 Å². The number of primary amides is 1. The highest BCUT2D eigenvalue weighted by atomic mass is 35.5. The van der Waals surface area contributed by atoms with Crippen molar-refractivity contribution >= 4 is 34.5 Å². The van der Waals surface area contributed by atoms with E-state index in [4.69, 9.17) is 22.1 Å². The molecule has 4 rings (SSSR count). The third-order valence-corrected chi connectivity index (χ3v) is 5.14. The van der Waals surface area contributed by atoms with Gasteiger partial charge in [-0.25, -0.2) is 4.39 Å². The SMILES string of the molecule is NC(=O)c1ccc(F)c2c1C=C(NCCCc1c[nH]c3c(Cl)cccc13)CO2. The van der Waals surface area contributed by atoms with E-state index in [1.165, 1.54) is 17.7 Å². The highest BCUT2D eigenvalue weighted by Crippen LogP contribution is 2.31. The molecule has 144 valence electrons. The summed E-state index contributed by atoms with van der Waals surface area (Å²) in [5.41, 5.74) is 8.95. The Hall–Kier alpha value is -2.99. The summed E-state index contributed by atoms with van der Waals surface area (Å²) in [7, 11) is 0. The van der Waals surface area contributed by atoms with Crippen LogP contribution in [0, 0.1) is 5.82 Å². The second kappa shape index (κ2) is 7.56. The van der Waals surface area contributed by atoms with Gasteiger partial charge in [0.1, 0.15) is 6.61 Å². The molecule has 1 aliphatic rings. The van der Waals surface area contributed by atoms with E-state index < -0.39 is 11.7 Å². The number of aromatic amines is 1. The van der Waals surface area contributed by atoms with Crippen LogP contribution in [0.3, 0.4) is 0 Å². The number of benzene rings is 2. The first-order chi connectivity index (χ1) is 13.5. The van der Waals surface area contributed by atoms with Crippen LogP contribution < -0.4 is 15.8 Å². The summed E-state index contributed by atoms with van der Waals surface area (Å²) in [4.78, 5) is 14.8. The minimum Gasteiger partial charge on any atom is -0.484 e. The molecule has 28 heavy (non-hydrogen) atoms. The third-order valence-electron chi connectivity index (χ3n) is 4.83. The topological polar surface area (TPSA) is 80.1 Å². The van der Waals surface area contributed by atoms with Crippen LogP contribution in [0.15, 0.2) is 42.2 Å². The minimum atomic E-state index is -0.615. The second-order valence-electron chi connectivity index (χ2n) is 6.67. The molecular formula is C21H19ClFN3O2. The number of ether oxygens (including phenoxy) is 1. The first-order valence-electron chi connectivity index (χ1n) is 8.98. The maximum Gasteiger partial charge on any atom is 0.249 e. The molecule has 0 saturated carbocycles. The van der Waals surface area contributed by atoms with Crippen molar-refractivity contribution in [3.05, 3.63) is 69.8 Å². The van der Waals surface area contributed by atoms with Crippen molar-refractivity contribution in [1.82, 2.24) is 10.3 Å². The van der Waals surface area contributed by atoms with Crippen molar-refractivity contribution in [2.45, 2.75) is 12.8 Å². The van der Waals surface area contributed by atoms with Crippen LogP contribution in [0.5, 0.6) is 5.75 Å². The van der Waals surface area contributed by atoms with Gasteiger partial charge < -0.3 is 20.8 Å². The largest absolute Gasteiger partial charge is 0.484 e. The molecule has 0 bridgehead atoms. The number of aromatic nitrogens is 1. The lowest BCUT2D eigenvalue weighted by molar-refractivity contribution is 0.0999. The molecular weight excluding hydrogens is 381 g/mol. The number of carbonyl (C=O) groups is 1. The lowest BCUT2D eigenvalue weighted by Crippen LogP contribution is -2.24. The molecule has 0 fully saturated rings. The van der Waals surface area contributed by atoms with Crippen molar-refractivity contribution < 1.29 is 13.9 Å². The van der Waals surface area contributed by atoms with Gasteiger partial charge in [-0.1, -0.05) is 23.7 Å². The quantitative estimate of drug-likeness (QED) is 0.548. The summed E-state index contributed by atoms with van der Waals surface area (Å²) >= 11 is 6.20. The molecule has 1 aliphatic heterocycles. The monoisotopic (exact) mass is 399 g/mol. The minimum absolute atomic E-state index is 0.0671. The summed E-state index contributed by atoms with van der Waals surface area (Å²) < 4.78 is 19.4. The fourth-order valence-electron chi connectivity index (χ4n) is 3.46. The number of aryl methyl sites for hydroxylation is 1. The summed E-state index contributed by atoms with van der Waals surface area (Å²) in [5, 5.41) is 5.13. The Balaban J connectivity index is 1.42. The maximum absolute atomic E-state index is 13.9. The van der Waals surface area contributed by atoms with Gasteiger partial charge in [-0.05, 0) is 42.7 Å². The standard InChI is InChI=1S/C21H19ClFN3O2/c22-17-5-1-4-14-12(10-26-19(14)17)3-2-8-25-13-9-16-15(21(24)27)6-7-18(23)20(16)28-11-13/h1,4-7,9-10,25-26H,2-3,8,11H2,(H2,24,27). The Kier molecular flexibility index (Phi) is 4.96. The van der Waals surface area contributed by atoms with Crippen LogP contribution in [0.1, 0.15) is 27.9 Å². The van der Waals surface area contributed by atoms with Gasteiger partial charge in [0, 0.05) is 29.4 Å². The molecule has 1 amide bonds. The third kappa shape index (κ3) is 3.43. The first kappa shape index (κ1) is 18.4. The van der Waals surface area contributed by atoms with Crippen molar-refractivity contribution in [3.63, 3.8) is 0 Å². The molecule has 0 atom stereocenters. The van der Waals surface area contributed by atoms with Gasteiger partial charge in [-0.15, -0.1) is 0 Å². The molecule has 3 aromatic rings. The fourth-order valence-corrected chi connectivity index (χ4v) is 3.68. The van der Waals surface area contributed by atoms with Crippen LogP contribution in [-0.2, 0) is 6.42 Å². The van der Waals surface area contributed by atoms with Gasteiger partial charge in [-0.2, -0.15) is 0 Å². The summed E-state index contributed by atoms with van der Waals surface area (Å²) in [6.07, 6.45) is 5.47. The molecule has 4 N–H and O–H groups in total. The van der Waals surface area contributed by atoms with Gasteiger partial charge in [0.15, 0.2) is 11.6 Å². The number of nitrogens with one attached hydrogen (secondary N) is 2. The fraction of sp³-hybridized carbons (Fsp3) is 0.190. The van der Waals surface area contributed by atoms with Gasteiger partial charge in [0.2, 0.25) is 5.91 Å². The summed E-state index contributed by atoms with van der Waals surface area (Å²) in [5.74, 6) is -1.05. The molecule has 5 nitrogen and oxygen atoms in total. The molecule has 0 saturated heterocycles. The predicted molar refractivity (Wildman–Crippen MR) is 108 cm³/mol. The molecule has 2 heterocycles. The van der Waals surface area contributed by atoms with Crippen molar-refractivity contribution in [2.24, 2.45) is 5.73 Å². The molecule has 2 aromatic carbocycles. The summed E-state index contributed by atoms with van der Waals surface area (Å²) in [6, 6.07) is 8.43. The van der Waals surface area contributed by atoms with Gasteiger partial charge in [0.05, 0.1) is 16.1 Å². The Morgan fingerprint density at radius 2 is 2.18 bits per heavy atom. The van der Waals surface area contributed by atoms with Crippen LogP contribution in [0.2, 0.25) is 5.02 Å². The zero-order chi connectivity index (χ0) is 19.7. The van der Waals surface area contributed by atoms with E-state index in [0.717, 1.165) is 29.4 Å². The Bertz CT molecular complexity index is 1090. The lowest BCUT2D eigenvalue weighted by atomic mass is 10.0.